The third kappa shape index (κ3) is 3.50. The molecule has 0 saturated carbocycles. The number of amidine groups is 1. The summed E-state index contributed by atoms with van der Waals surface area (Å²) in [7, 11) is 1.61. The Morgan fingerprint density at radius 1 is 1.38 bits per heavy atom. The van der Waals surface area contributed by atoms with Crippen molar-refractivity contribution in [2.24, 2.45) is 4.99 Å². The summed E-state index contributed by atoms with van der Waals surface area (Å²) in [5.41, 5.74) is 0. The van der Waals surface area contributed by atoms with Gasteiger partial charge in [-0.25, -0.2) is 9.79 Å². The van der Waals surface area contributed by atoms with Crippen LogP contribution in [0.15, 0.2) is 4.99 Å². The Balaban J connectivity index is 2.24. The highest BCUT2D eigenvalue weighted by molar-refractivity contribution is 8.14. The second-order valence-corrected chi connectivity index (χ2v) is 6.81. The van der Waals surface area contributed by atoms with Gasteiger partial charge in [0.05, 0.1) is 6.61 Å². The van der Waals surface area contributed by atoms with E-state index in [1.54, 1.807) is 14.0 Å². The molecule has 3 atom stereocenters. The molecule has 0 aliphatic carbocycles. The van der Waals surface area contributed by atoms with Crippen LogP contribution in [-0.4, -0.2) is 70.5 Å². The number of nitrogens with zero attached hydrogens (tertiary/aromatic N) is 3. The number of imide groups is 1. The van der Waals surface area contributed by atoms with E-state index in [4.69, 9.17) is 4.74 Å². The van der Waals surface area contributed by atoms with Gasteiger partial charge in [0.1, 0.15) is 5.25 Å². The highest BCUT2D eigenvalue weighted by Crippen LogP contribution is 2.31. The monoisotopic (exact) mass is 356 g/mol. The standard InChI is InChI=1S/C15H24N4O4S/c1-5-8-19-10-11(18(4)14(22)17-12(10)20)16-15(19)24-9(6-2)13(21)23-7-3/h9-11H,5-8H2,1-4H3,(H,17,20,22). The Morgan fingerprint density at radius 2 is 2.08 bits per heavy atom. The van der Waals surface area contributed by atoms with Crippen LogP contribution in [0.3, 0.4) is 0 Å². The Kier molecular flexibility index (Phi) is 6.09. The van der Waals surface area contributed by atoms with E-state index in [0.29, 0.717) is 24.7 Å². The van der Waals surface area contributed by atoms with Crippen LogP contribution in [-0.2, 0) is 14.3 Å². The second-order valence-electron chi connectivity index (χ2n) is 5.64. The maximum Gasteiger partial charge on any atom is 0.325 e. The molecule has 0 spiro atoms. The molecule has 1 N–H and O–H groups in total. The highest BCUT2D eigenvalue weighted by Gasteiger charge is 2.48. The van der Waals surface area contributed by atoms with E-state index >= 15 is 0 Å². The number of urea groups is 1. The van der Waals surface area contributed by atoms with Crippen molar-refractivity contribution in [1.29, 1.82) is 0 Å². The van der Waals surface area contributed by atoms with Gasteiger partial charge in [0.2, 0.25) is 0 Å². The summed E-state index contributed by atoms with van der Waals surface area (Å²) in [6.45, 7) is 6.64. The molecule has 2 aliphatic heterocycles. The number of likely N-dealkylation sites (N-methyl/N-ethyl adjacent to an activating group) is 1. The predicted octanol–water partition coefficient (Wildman–Crippen LogP) is 1.02. The molecule has 0 aromatic heterocycles. The number of carbonyl (C=O) groups is 3. The SMILES string of the molecule is CCCN1C(SC(CC)C(=O)OCC)=NC2C1C(=O)NC(=O)N2C. The molecule has 0 aromatic carbocycles. The van der Waals surface area contributed by atoms with E-state index in [2.05, 4.69) is 10.3 Å². The van der Waals surface area contributed by atoms with Crippen LogP contribution in [0.1, 0.15) is 33.6 Å². The Labute approximate surface area is 146 Å². The average molecular weight is 356 g/mol. The summed E-state index contributed by atoms with van der Waals surface area (Å²) >= 11 is 1.30. The molecule has 9 heteroatoms. The normalized spacial score (nSPS) is 24.4. The third-order valence-corrected chi connectivity index (χ3v) is 5.32. The van der Waals surface area contributed by atoms with Gasteiger partial charge >= 0.3 is 12.0 Å². The smallest absolute Gasteiger partial charge is 0.325 e. The van der Waals surface area contributed by atoms with Crippen molar-refractivity contribution in [3.63, 3.8) is 0 Å². The second kappa shape index (κ2) is 7.87. The quantitative estimate of drug-likeness (QED) is 0.715. The molecule has 0 aromatic rings. The zero-order valence-corrected chi connectivity index (χ0v) is 15.3. The van der Waals surface area contributed by atoms with Gasteiger partial charge in [-0.15, -0.1) is 0 Å². The summed E-state index contributed by atoms with van der Waals surface area (Å²) in [6.07, 6.45) is 0.864. The molecule has 2 rings (SSSR count). The molecule has 0 bridgehead atoms. The lowest BCUT2D eigenvalue weighted by molar-refractivity contribution is -0.142. The largest absolute Gasteiger partial charge is 0.465 e. The van der Waals surface area contributed by atoms with Crippen LogP contribution >= 0.6 is 11.8 Å². The number of carbonyl (C=O) groups excluding carboxylic acids is 3. The first-order valence-corrected chi connectivity index (χ1v) is 9.07. The Bertz CT molecular complexity index is 554. The summed E-state index contributed by atoms with van der Waals surface area (Å²) in [5, 5.41) is 2.58. The van der Waals surface area contributed by atoms with Gasteiger partial charge in [-0.1, -0.05) is 25.6 Å². The van der Waals surface area contributed by atoms with Gasteiger partial charge < -0.3 is 14.5 Å². The van der Waals surface area contributed by atoms with Crippen molar-refractivity contribution in [1.82, 2.24) is 15.1 Å². The van der Waals surface area contributed by atoms with Crippen molar-refractivity contribution < 1.29 is 19.1 Å². The number of amides is 3. The molecule has 2 heterocycles. The summed E-state index contributed by atoms with van der Waals surface area (Å²) in [4.78, 5) is 44.0. The zero-order chi connectivity index (χ0) is 17.9. The predicted molar refractivity (Wildman–Crippen MR) is 91.6 cm³/mol. The van der Waals surface area contributed by atoms with Crippen LogP contribution in [0.25, 0.3) is 0 Å². The number of aliphatic imine (C=N–C) groups is 1. The van der Waals surface area contributed by atoms with Gasteiger partial charge in [0.15, 0.2) is 17.4 Å². The molecule has 134 valence electrons. The maximum atomic E-state index is 12.3. The minimum atomic E-state index is -0.556. The minimum absolute atomic E-state index is 0.284. The first kappa shape index (κ1) is 18.6. The first-order valence-electron chi connectivity index (χ1n) is 8.19. The number of thioether (sulfide) groups is 1. The Morgan fingerprint density at radius 3 is 2.67 bits per heavy atom. The average Bonchev–Trinajstić information content (AvgIpc) is 2.90. The first-order chi connectivity index (χ1) is 11.4. The lowest BCUT2D eigenvalue weighted by atomic mass is 10.1. The zero-order valence-electron chi connectivity index (χ0n) is 14.4. The van der Waals surface area contributed by atoms with Gasteiger partial charge in [0, 0.05) is 13.6 Å². The van der Waals surface area contributed by atoms with E-state index in [1.807, 2.05) is 18.7 Å². The fourth-order valence-electron chi connectivity index (χ4n) is 2.74. The summed E-state index contributed by atoms with van der Waals surface area (Å²) in [5.74, 6) is -0.631. The molecular formula is C15H24N4O4S. The Hall–Kier alpha value is -1.77. The number of hydrogen-bond acceptors (Lipinski definition) is 7. The molecule has 2 aliphatic rings. The van der Waals surface area contributed by atoms with Crippen LogP contribution < -0.4 is 5.32 Å². The molecular weight excluding hydrogens is 332 g/mol. The minimum Gasteiger partial charge on any atom is -0.465 e. The molecule has 1 saturated heterocycles. The number of ether oxygens (including phenoxy) is 1. The van der Waals surface area contributed by atoms with Crippen LogP contribution in [0.2, 0.25) is 0 Å². The van der Waals surface area contributed by atoms with Crippen molar-refractivity contribution in [3.05, 3.63) is 0 Å². The topological polar surface area (TPSA) is 91.3 Å². The van der Waals surface area contributed by atoms with Crippen LogP contribution in [0, 0.1) is 0 Å². The van der Waals surface area contributed by atoms with E-state index < -0.39 is 18.2 Å². The molecule has 1 fully saturated rings. The van der Waals surface area contributed by atoms with Gasteiger partial charge in [0.25, 0.3) is 5.91 Å². The van der Waals surface area contributed by atoms with Gasteiger partial charge in [-0.05, 0) is 19.8 Å². The fourth-order valence-corrected chi connectivity index (χ4v) is 3.83. The van der Waals surface area contributed by atoms with Crippen molar-refractivity contribution in [2.75, 3.05) is 20.2 Å². The van der Waals surface area contributed by atoms with Gasteiger partial charge in [-0.3, -0.25) is 14.9 Å². The van der Waals surface area contributed by atoms with Gasteiger partial charge in [-0.2, -0.15) is 0 Å². The number of esters is 1. The molecule has 8 nitrogen and oxygen atoms in total. The maximum absolute atomic E-state index is 12.3. The van der Waals surface area contributed by atoms with Crippen molar-refractivity contribution in [3.8, 4) is 0 Å². The number of nitrogens with one attached hydrogen (secondary N) is 1. The van der Waals surface area contributed by atoms with Crippen LogP contribution in [0.5, 0.6) is 0 Å². The number of fused-ring (bicyclic) bond motifs is 1. The van der Waals surface area contributed by atoms with Crippen LogP contribution in [0.4, 0.5) is 4.79 Å². The number of hydrogen-bond donors (Lipinski definition) is 1. The molecule has 24 heavy (non-hydrogen) atoms. The lowest BCUT2D eigenvalue weighted by Gasteiger charge is -2.36. The summed E-state index contributed by atoms with van der Waals surface area (Å²) in [6, 6.07) is -1.00. The van der Waals surface area contributed by atoms with E-state index in [0.717, 1.165) is 6.42 Å². The molecule has 0 radical (unpaired) electrons. The fraction of sp³-hybridized carbons (Fsp3) is 0.733. The van der Waals surface area contributed by atoms with Crippen molar-refractivity contribution in [2.45, 2.75) is 51.1 Å². The molecule has 3 unspecified atom stereocenters. The number of rotatable bonds is 6. The third-order valence-electron chi connectivity index (χ3n) is 3.95. The van der Waals surface area contributed by atoms with E-state index in [9.17, 15) is 14.4 Å². The molecule has 3 amide bonds. The highest BCUT2D eigenvalue weighted by atomic mass is 32.2. The summed E-state index contributed by atoms with van der Waals surface area (Å²) < 4.78 is 5.10. The lowest BCUT2D eigenvalue weighted by Crippen LogP contribution is -2.63. The van der Waals surface area contributed by atoms with Crippen molar-refractivity contribution >= 4 is 34.8 Å². The van der Waals surface area contributed by atoms with E-state index in [-0.39, 0.29) is 17.1 Å². The van der Waals surface area contributed by atoms with E-state index in [1.165, 1.54) is 16.7 Å².